The standard InChI is InChI=1S/C26H22N4O2S2/c1-15-12-17(16(2)29(15)25-21(14-27)19-10-6-7-11-22(19)34-25)13-20-23(31)28-26(33)30(24(20)32)18-8-4-3-5-9-18/h3-5,8-9,12-13H,6-7,10-11H2,1-2H3,(H,28,31,33)/b20-13+. The van der Waals surface area contributed by atoms with E-state index in [4.69, 9.17) is 12.2 Å². The van der Waals surface area contributed by atoms with Crippen LogP contribution in [-0.2, 0) is 22.4 Å². The van der Waals surface area contributed by atoms with Gasteiger partial charge < -0.3 is 4.57 Å². The minimum atomic E-state index is -0.517. The second-order valence-corrected chi connectivity index (χ2v) is 9.93. The second-order valence-electron chi connectivity index (χ2n) is 8.46. The van der Waals surface area contributed by atoms with E-state index in [2.05, 4.69) is 16.0 Å². The number of nitriles is 1. The Hall–Kier alpha value is -3.54. The molecule has 1 saturated heterocycles. The average Bonchev–Trinajstić information content (AvgIpc) is 3.32. The first-order valence-electron chi connectivity index (χ1n) is 11.1. The Morgan fingerprint density at radius 2 is 1.88 bits per heavy atom. The maximum Gasteiger partial charge on any atom is 0.270 e. The van der Waals surface area contributed by atoms with Gasteiger partial charge in [-0.2, -0.15) is 5.26 Å². The van der Waals surface area contributed by atoms with E-state index in [0.29, 0.717) is 5.69 Å². The number of nitrogens with zero attached hydrogens (tertiary/aromatic N) is 3. The Morgan fingerprint density at radius 3 is 2.62 bits per heavy atom. The summed E-state index contributed by atoms with van der Waals surface area (Å²) in [5.74, 6) is -0.981. The molecule has 6 nitrogen and oxygen atoms in total. The summed E-state index contributed by atoms with van der Waals surface area (Å²) in [5.41, 5.74) is 5.11. The number of thiophene rings is 1. The van der Waals surface area contributed by atoms with Gasteiger partial charge in [0.2, 0.25) is 0 Å². The molecule has 2 amide bonds. The van der Waals surface area contributed by atoms with Crippen LogP contribution in [0.5, 0.6) is 0 Å². The van der Waals surface area contributed by atoms with Crippen molar-refractivity contribution in [1.82, 2.24) is 9.88 Å². The van der Waals surface area contributed by atoms with Crippen molar-refractivity contribution in [1.29, 1.82) is 5.26 Å². The van der Waals surface area contributed by atoms with Gasteiger partial charge in [0.1, 0.15) is 16.6 Å². The number of para-hydroxylation sites is 1. The van der Waals surface area contributed by atoms with Gasteiger partial charge in [-0.05, 0) is 87.2 Å². The highest BCUT2D eigenvalue weighted by molar-refractivity contribution is 7.80. The van der Waals surface area contributed by atoms with Gasteiger partial charge in [0.15, 0.2) is 5.11 Å². The lowest BCUT2D eigenvalue weighted by atomic mass is 9.96. The number of benzene rings is 1. The Balaban J connectivity index is 1.58. The highest BCUT2D eigenvalue weighted by Gasteiger charge is 2.35. The van der Waals surface area contributed by atoms with E-state index in [0.717, 1.165) is 53.2 Å². The monoisotopic (exact) mass is 486 g/mol. The van der Waals surface area contributed by atoms with Crippen molar-refractivity contribution in [3.63, 3.8) is 0 Å². The van der Waals surface area contributed by atoms with Crippen molar-refractivity contribution in [2.24, 2.45) is 0 Å². The Bertz CT molecular complexity index is 1420. The molecule has 170 valence electrons. The molecule has 0 radical (unpaired) electrons. The number of aromatic nitrogens is 1. The molecule has 1 N–H and O–H groups in total. The molecule has 1 aliphatic carbocycles. The lowest BCUT2D eigenvalue weighted by Crippen LogP contribution is -2.54. The molecule has 3 aromatic rings. The van der Waals surface area contributed by atoms with Crippen LogP contribution in [0.25, 0.3) is 11.1 Å². The molecule has 1 aliphatic heterocycles. The van der Waals surface area contributed by atoms with Gasteiger partial charge in [0, 0.05) is 16.3 Å². The van der Waals surface area contributed by atoms with Gasteiger partial charge >= 0.3 is 0 Å². The topological polar surface area (TPSA) is 78.1 Å². The van der Waals surface area contributed by atoms with Crippen LogP contribution in [0.3, 0.4) is 0 Å². The lowest BCUT2D eigenvalue weighted by molar-refractivity contribution is -0.122. The van der Waals surface area contributed by atoms with E-state index in [9.17, 15) is 14.9 Å². The maximum absolute atomic E-state index is 13.3. The predicted octanol–water partition coefficient (Wildman–Crippen LogP) is 4.74. The van der Waals surface area contributed by atoms with Crippen molar-refractivity contribution < 1.29 is 9.59 Å². The minimum Gasteiger partial charge on any atom is -0.308 e. The first-order valence-corrected chi connectivity index (χ1v) is 12.3. The van der Waals surface area contributed by atoms with E-state index >= 15 is 0 Å². The number of hydrogen-bond acceptors (Lipinski definition) is 5. The molecular weight excluding hydrogens is 464 g/mol. The fraction of sp³-hybridized carbons (Fsp3) is 0.231. The molecule has 1 fully saturated rings. The van der Waals surface area contributed by atoms with Gasteiger partial charge in [-0.25, -0.2) is 0 Å². The molecule has 8 heteroatoms. The summed E-state index contributed by atoms with van der Waals surface area (Å²) >= 11 is 6.95. The summed E-state index contributed by atoms with van der Waals surface area (Å²) < 4.78 is 2.07. The number of aryl methyl sites for hydroxylation is 2. The number of thiocarbonyl (C=S) groups is 1. The van der Waals surface area contributed by atoms with Crippen LogP contribution in [0.15, 0.2) is 42.0 Å². The molecule has 34 heavy (non-hydrogen) atoms. The molecule has 2 aromatic heterocycles. The van der Waals surface area contributed by atoms with Crippen molar-refractivity contribution in [2.75, 3.05) is 4.90 Å². The molecule has 0 saturated carbocycles. The summed E-state index contributed by atoms with van der Waals surface area (Å²) in [7, 11) is 0. The van der Waals surface area contributed by atoms with E-state index in [1.165, 1.54) is 15.3 Å². The smallest absolute Gasteiger partial charge is 0.270 e. The summed E-state index contributed by atoms with van der Waals surface area (Å²) in [4.78, 5) is 28.7. The Kier molecular flexibility index (Phi) is 5.68. The van der Waals surface area contributed by atoms with Gasteiger partial charge in [0.25, 0.3) is 11.8 Å². The van der Waals surface area contributed by atoms with Gasteiger partial charge in [-0.1, -0.05) is 18.2 Å². The molecule has 1 aromatic carbocycles. The van der Waals surface area contributed by atoms with Crippen LogP contribution < -0.4 is 10.2 Å². The highest BCUT2D eigenvalue weighted by atomic mass is 32.1. The van der Waals surface area contributed by atoms with Gasteiger partial charge in [-0.15, -0.1) is 11.3 Å². The molecule has 0 bridgehead atoms. The quantitative estimate of drug-likeness (QED) is 0.330. The number of hydrogen-bond donors (Lipinski definition) is 1. The molecule has 0 unspecified atom stereocenters. The first kappa shape index (κ1) is 22.3. The summed E-state index contributed by atoms with van der Waals surface area (Å²) in [6, 6.07) is 13.4. The van der Waals surface area contributed by atoms with Crippen LogP contribution in [0.4, 0.5) is 5.69 Å². The van der Waals surface area contributed by atoms with Crippen LogP contribution in [0, 0.1) is 25.2 Å². The summed E-state index contributed by atoms with van der Waals surface area (Å²) in [6.07, 6.45) is 5.82. The Labute approximate surface area is 207 Å². The third-order valence-corrected chi connectivity index (χ3v) is 7.92. The zero-order valence-electron chi connectivity index (χ0n) is 18.8. The zero-order chi connectivity index (χ0) is 24.0. The van der Waals surface area contributed by atoms with E-state index in [-0.39, 0.29) is 10.7 Å². The fourth-order valence-electron chi connectivity index (χ4n) is 4.70. The molecule has 0 spiro atoms. The number of amides is 2. The Morgan fingerprint density at radius 1 is 1.15 bits per heavy atom. The van der Waals surface area contributed by atoms with E-state index < -0.39 is 11.8 Å². The van der Waals surface area contributed by atoms with Crippen molar-refractivity contribution in [3.8, 4) is 11.1 Å². The number of rotatable bonds is 3. The van der Waals surface area contributed by atoms with Crippen LogP contribution >= 0.6 is 23.6 Å². The minimum absolute atomic E-state index is 0.0173. The van der Waals surface area contributed by atoms with E-state index in [1.54, 1.807) is 29.5 Å². The van der Waals surface area contributed by atoms with Gasteiger partial charge in [-0.3, -0.25) is 19.8 Å². The highest BCUT2D eigenvalue weighted by Crippen LogP contribution is 2.38. The van der Waals surface area contributed by atoms with Crippen LogP contribution in [-0.4, -0.2) is 21.5 Å². The molecule has 2 aliphatic rings. The average molecular weight is 487 g/mol. The van der Waals surface area contributed by atoms with Crippen LogP contribution in [0.1, 0.15) is 45.8 Å². The first-order chi connectivity index (χ1) is 16.4. The normalized spacial score (nSPS) is 17.0. The third kappa shape index (κ3) is 3.58. The molecular formula is C26H22N4O2S2. The SMILES string of the molecule is Cc1cc(/C=C2\C(=O)NC(=S)N(c3ccccc3)C2=O)c(C)n1-c1sc2c(c1C#N)CCCC2. The molecule has 3 heterocycles. The zero-order valence-corrected chi connectivity index (χ0v) is 20.5. The van der Waals surface area contributed by atoms with Crippen molar-refractivity contribution in [3.05, 3.63) is 74.9 Å². The second kappa shape index (κ2) is 8.67. The van der Waals surface area contributed by atoms with Crippen molar-refractivity contribution >= 4 is 52.2 Å². The number of anilines is 1. The number of fused-ring (bicyclic) bond motifs is 1. The molecule has 5 rings (SSSR count). The fourth-order valence-corrected chi connectivity index (χ4v) is 6.43. The third-order valence-electron chi connectivity index (χ3n) is 6.35. The molecule has 0 atom stereocenters. The summed E-state index contributed by atoms with van der Waals surface area (Å²) in [6.45, 7) is 3.92. The van der Waals surface area contributed by atoms with Gasteiger partial charge in [0.05, 0.1) is 11.3 Å². The largest absolute Gasteiger partial charge is 0.308 e. The summed E-state index contributed by atoms with van der Waals surface area (Å²) in [5, 5.41) is 13.5. The predicted molar refractivity (Wildman–Crippen MR) is 137 cm³/mol. The van der Waals surface area contributed by atoms with E-state index in [1.807, 2.05) is 38.1 Å². The van der Waals surface area contributed by atoms with Crippen molar-refractivity contribution in [2.45, 2.75) is 39.5 Å². The van der Waals surface area contributed by atoms with Crippen LogP contribution in [0.2, 0.25) is 0 Å². The number of carbonyl (C=O) groups is 2. The number of nitrogens with one attached hydrogen (secondary N) is 1. The number of carbonyl (C=O) groups excluding carboxylic acids is 2. The lowest BCUT2D eigenvalue weighted by Gasteiger charge is -2.28. The maximum atomic E-state index is 13.3.